The first-order chi connectivity index (χ1) is 9.50. The second-order valence-corrected chi connectivity index (χ2v) is 4.78. The zero-order chi connectivity index (χ0) is 14.7. The summed E-state index contributed by atoms with van der Waals surface area (Å²) in [5.41, 5.74) is 0.294. The molecule has 1 N–H and O–H groups in total. The van der Waals surface area contributed by atoms with Gasteiger partial charge in [0.1, 0.15) is 0 Å². The summed E-state index contributed by atoms with van der Waals surface area (Å²) in [4.78, 5) is 24.1. The molecular weight excluding hydrogens is 264 g/mol. The van der Waals surface area contributed by atoms with Gasteiger partial charge in [0.25, 0.3) is 5.91 Å². The molecule has 1 aliphatic heterocycles. The Balaban J connectivity index is 2.04. The molecule has 2 rings (SSSR count). The molecule has 1 saturated heterocycles. The van der Waals surface area contributed by atoms with Crippen molar-refractivity contribution < 1.29 is 14.5 Å². The summed E-state index contributed by atoms with van der Waals surface area (Å²) in [5.74, 6) is -0.355. The van der Waals surface area contributed by atoms with Crippen LogP contribution < -0.4 is 5.32 Å². The lowest BCUT2D eigenvalue weighted by Crippen LogP contribution is -2.46. The number of hydrogen-bond acceptors (Lipinski definition) is 5. The van der Waals surface area contributed by atoms with Gasteiger partial charge in [-0.1, -0.05) is 0 Å². The molecule has 1 aromatic heterocycles. The first-order valence-corrected chi connectivity index (χ1v) is 6.38. The highest BCUT2D eigenvalue weighted by Gasteiger charge is 2.25. The van der Waals surface area contributed by atoms with Crippen molar-refractivity contribution in [3.63, 3.8) is 0 Å². The van der Waals surface area contributed by atoms with Gasteiger partial charge in [-0.05, 0) is 11.0 Å². The van der Waals surface area contributed by atoms with Crippen molar-refractivity contribution in [2.75, 3.05) is 33.3 Å². The van der Waals surface area contributed by atoms with Crippen LogP contribution in [-0.4, -0.2) is 59.7 Å². The Morgan fingerprint density at radius 2 is 2.40 bits per heavy atom. The van der Waals surface area contributed by atoms with E-state index in [9.17, 15) is 14.9 Å². The van der Waals surface area contributed by atoms with Crippen LogP contribution in [0, 0.1) is 10.1 Å². The van der Waals surface area contributed by atoms with Crippen LogP contribution in [0.5, 0.6) is 0 Å². The first-order valence-electron chi connectivity index (χ1n) is 6.38. The number of ether oxygens (including phenoxy) is 1. The third kappa shape index (κ3) is 2.97. The highest BCUT2D eigenvalue weighted by Crippen LogP contribution is 2.16. The molecule has 1 aliphatic rings. The molecule has 0 aromatic carbocycles. The van der Waals surface area contributed by atoms with Crippen molar-refractivity contribution in [1.82, 2.24) is 14.8 Å². The van der Waals surface area contributed by atoms with Crippen LogP contribution in [-0.2, 0) is 11.8 Å². The smallest absolute Gasteiger partial charge is 0.323 e. The number of nitrogens with one attached hydrogen (secondary N) is 1. The maximum absolute atomic E-state index is 12.3. The van der Waals surface area contributed by atoms with Gasteiger partial charge in [-0.15, -0.1) is 0 Å². The molecule has 1 atom stereocenters. The molecule has 0 saturated carbocycles. The molecule has 0 aliphatic carbocycles. The van der Waals surface area contributed by atoms with Gasteiger partial charge in [-0.25, -0.2) is 4.57 Å². The molecule has 1 amide bonds. The molecule has 0 bridgehead atoms. The van der Waals surface area contributed by atoms with Crippen LogP contribution in [0.1, 0.15) is 10.5 Å². The zero-order valence-electron chi connectivity index (χ0n) is 11.5. The number of carbonyl (C=O) groups excluding carboxylic acids is 1. The summed E-state index contributed by atoms with van der Waals surface area (Å²) in [6.45, 7) is 2.59. The third-order valence-electron chi connectivity index (χ3n) is 3.33. The molecule has 20 heavy (non-hydrogen) atoms. The second kappa shape index (κ2) is 6.02. The lowest BCUT2D eigenvalue weighted by atomic mass is 10.2. The van der Waals surface area contributed by atoms with E-state index in [-0.39, 0.29) is 17.8 Å². The number of likely N-dealkylation sites (N-methyl/N-ethyl adjacent to an activating group) is 1. The van der Waals surface area contributed by atoms with Crippen LogP contribution in [0.15, 0.2) is 12.1 Å². The summed E-state index contributed by atoms with van der Waals surface area (Å²) in [5, 5.41) is 14.0. The molecular formula is C12H18N4O4. The van der Waals surface area contributed by atoms with Crippen molar-refractivity contribution in [2.45, 2.75) is 6.10 Å². The summed E-state index contributed by atoms with van der Waals surface area (Å²) in [6, 6.07) is 2.80. The van der Waals surface area contributed by atoms with Crippen molar-refractivity contribution in [1.29, 1.82) is 0 Å². The maximum Gasteiger partial charge on any atom is 0.323 e. The minimum absolute atomic E-state index is 0.0482. The standard InChI is InChI=1S/C12H18N4O4/c1-14(8-9-7-13-5-6-20-9)12(17)10-3-4-11(15(10)2)16(18)19/h3-4,9,13H,5-8H2,1-2H3. The van der Waals surface area contributed by atoms with Gasteiger partial charge in [-0.3, -0.25) is 4.79 Å². The Morgan fingerprint density at radius 1 is 1.65 bits per heavy atom. The van der Waals surface area contributed by atoms with E-state index in [1.165, 1.54) is 28.6 Å². The third-order valence-corrected chi connectivity index (χ3v) is 3.33. The molecule has 1 aromatic rings. The highest BCUT2D eigenvalue weighted by molar-refractivity contribution is 5.93. The number of aromatic nitrogens is 1. The van der Waals surface area contributed by atoms with E-state index in [2.05, 4.69) is 5.32 Å². The van der Waals surface area contributed by atoms with Gasteiger partial charge in [0.2, 0.25) is 0 Å². The summed E-state index contributed by atoms with van der Waals surface area (Å²) in [7, 11) is 3.18. The van der Waals surface area contributed by atoms with Gasteiger partial charge < -0.3 is 25.1 Å². The largest absolute Gasteiger partial charge is 0.374 e. The average Bonchev–Trinajstić information content (AvgIpc) is 2.81. The Morgan fingerprint density at radius 3 is 2.95 bits per heavy atom. The lowest BCUT2D eigenvalue weighted by molar-refractivity contribution is -0.391. The van der Waals surface area contributed by atoms with E-state index in [0.29, 0.717) is 25.4 Å². The van der Waals surface area contributed by atoms with Gasteiger partial charge >= 0.3 is 5.82 Å². The van der Waals surface area contributed by atoms with Crippen LogP contribution in [0.3, 0.4) is 0 Å². The number of carbonyl (C=O) groups is 1. The molecule has 8 nitrogen and oxygen atoms in total. The molecule has 2 heterocycles. The van der Waals surface area contributed by atoms with E-state index in [1.54, 1.807) is 7.05 Å². The maximum atomic E-state index is 12.3. The molecule has 110 valence electrons. The Hall–Kier alpha value is -1.93. The molecule has 1 unspecified atom stereocenters. The number of amides is 1. The Kier molecular flexibility index (Phi) is 4.35. The van der Waals surface area contributed by atoms with E-state index in [1.807, 2.05) is 0 Å². The van der Waals surface area contributed by atoms with Crippen molar-refractivity contribution in [2.24, 2.45) is 7.05 Å². The fraction of sp³-hybridized carbons (Fsp3) is 0.583. The van der Waals surface area contributed by atoms with E-state index in [4.69, 9.17) is 4.74 Å². The van der Waals surface area contributed by atoms with Crippen LogP contribution in [0.25, 0.3) is 0 Å². The average molecular weight is 282 g/mol. The first kappa shape index (κ1) is 14.5. The van der Waals surface area contributed by atoms with Crippen molar-refractivity contribution in [3.8, 4) is 0 Å². The molecule has 0 spiro atoms. The fourth-order valence-electron chi connectivity index (χ4n) is 2.22. The van der Waals surface area contributed by atoms with Crippen molar-refractivity contribution in [3.05, 3.63) is 27.9 Å². The van der Waals surface area contributed by atoms with Gasteiger partial charge in [0.05, 0.1) is 19.8 Å². The minimum atomic E-state index is -0.509. The highest BCUT2D eigenvalue weighted by atomic mass is 16.6. The number of nitrogens with zero attached hydrogens (tertiary/aromatic N) is 3. The Bertz CT molecular complexity index is 508. The predicted molar refractivity (Wildman–Crippen MR) is 71.6 cm³/mol. The molecule has 0 radical (unpaired) electrons. The Labute approximate surface area is 116 Å². The van der Waals surface area contributed by atoms with E-state index < -0.39 is 4.92 Å². The predicted octanol–water partition coefficient (Wildman–Crippen LogP) is -0.00630. The van der Waals surface area contributed by atoms with Crippen LogP contribution in [0.4, 0.5) is 5.82 Å². The second-order valence-electron chi connectivity index (χ2n) is 4.78. The van der Waals surface area contributed by atoms with Gasteiger partial charge in [0.15, 0.2) is 5.69 Å². The molecule has 1 fully saturated rings. The SMILES string of the molecule is CN(CC1CNCCO1)C(=O)c1ccc([N+](=O)[O-])n1C. The van der Waals surface area contributed by atoms with Crippen LogP contribution >= 0.6 is 0 Å². The topological polar surface area (TPSA) is 89.6 Å². The monoisotopic (exact) mass is 282 g/mol. The molecule has 8 heteroatoms. The van der Waals surface area contributed by atoms with E-state index >= 15 is 0 Å². The number of morpholine rings is 1. The van der Waals surface area contributed by atoms with Crippen LogP contribution in [0.2, 0.25) is 0 Å². The number of rotatable bonds is 4. The summed E-state index contributed by atoms with van der Waals surface area (Å²) in [6.07, 6.45) is -0.0482. The summed E-state index contributed by atoms with van der Waals surface area (Å²) < 4.78 is 6.83. The quantitative estimate of drug-likeness (QED) is 0.620. The number of hydrogen-bond donors (Lipinski definition) is 1. The van der Waals surface area contributed by atoms with Gasteiger partial charge in [-0.2, -0.15) is 0 Å². The van der Waals surface area contributed by atoms with E-state index in [0.717, 1.165) is 6.54 Å². The lowest BCUT2D eigenvalue weighted by Gasteiger charge is -2.27. The van der Waals surface area contributed by atoms with Gasteiger partial charge in [0, 0.05) is 32.7 Å². The number of nitro groups is 1. The zero-order valence-corrected chi connectivity index (χ0v) is 11.5. The fourth-order valence-corrected chi connectivity index (χ4v) is 2.22. The summed E-state index contributed by atoms with van der Waals surface area (Å²) >= 11 is 0. The normalized spacial score (nSPS) is 18.8. The minimum Gasteiger partial charge on any atom is -0.374 e. The van der Waals surface area contributed by atoms with Crippen molar-refractivity contribution >= 4 is 11.7 Å².